The van der Waals surface area contributed by atoms with Gasteiger partial charge < -0.3 is 0 Å². The first-order valence-electron chi connectivity index (χ1n) is 9.55. The van der Waals surface area contributed by atoms with Gasteiger partial charge >= 0.3 is 0 Å². The molecular weight excluding hydrogens is 431 g/mol. The van der Waals surface area contributed by atoms with Crippen LogP contribution in [0.1, 0.15) is 16.7 Å². The van der Waals surface area contributed by atoms with Crippen molar-refractivity contribution in [3.05, 3.63) is 95.3 Å². The largest absolute Gasteiger partial charge is 0.294 e. The lowest BCUT2D eigenvalue weighted by Gasteiger charge is -2.01. The quantitative estimate of drug-likeness (QED) is 0.371. The lowest BCUT2D eigenvalue weighted by Crippen LogP contribution is -2.05. The van der Waals surface area contributed by atoms with Crippen molar-refractivity contribution in [1.29, 1.82) is 0 Å². The lowest BCUT2D eigenvalue weighted by atomic mass is 10.1. The van der Waals surface area contributed by atoms with Crippen molar-refractivity contribution >= 4 is 10.1 Å². The van der Waals surface area contributed by atoms with E-state index in [2.05, 4.69) is 27.3 Å². The molecule has 0 atom stereocenters. The molecule has 3 aromatic carbocycles. The Morgan fingerprint density at radius 3 is 2.41 bits per heavy atom. The monoisotopic (exact) mass is 448 g/mol. The highest BCUT2D eigenvalue weighted by atomic mass is 32.2. The predicted octanol–water partition coefficient (Wildman–Crippen LogP) is 3.37. The number of nitrogens with zero attached hydrogens (tertiary/aromatic N) is 4. The molecule has 0 aliphatic heterocycles. The van der Waals surface area contributed by atoms with Gasteiger partial charge in [0, 0.05) is 17.5 Å². The zero-order chi connectivity index (χ0) is 22.6. The van der Waals surface area contributed by atoms with Gasteiger partial charge in [0.25, 0.3) is 10.1 Å². The summed E-state index contributed by atoms with van der Waals surface area (Å²) < 4.78 is 44.3. The van der Waals surface area contributed by atoms with Crippen LogP contribution in [0, 0.1) is 17.7 Å². The third-order valence-electron chi connectivity index (χ3n) is 4.56. The normalized spacial score (nSPS) is 11.1. The second-order valence-corrected chi connectivity index (χ2v) is 8.37. The van der Waals surface area contributed by atoms with Crippen molar-refractivity contribution < 1.29 is 17.4 Å². The van der Waals surface area contributed by atoms with Crippen molar-refractivity contribution in [3.63, 3.8) is 0 Å². The Balaban J connectivity index is 1.45. The fraction of sp³-hybridized carbons (Fsp3) is 0.0870. The summed E-state index contributed by atoms with van der Waals surface area (Å²) in [5.41, 5.74) is 3.24. The summed E-state index contributed by atoms with van der Waals surface area (Å²) in [7, 11) is -4.23. The highest BCUT2D eigenvalue weighted by Crippen LogP contribution is 2.16. The van der Waals surface area contributed by atoms with Gasteiger partial charge in [-0.05, 0) is 52.7 Å². The van der Waals surface area contributed by atoms with Gasteiger partial charge in [0.05, 0.1) is 11.4 Å². The molecule has 0 amide bonds. The van der Waals surface area contributed by atoms with E-state index in [0.29, 0.717) is 12.2 Å². The fourth-order valence-corrected chi connectivity index (χ4v) is 3.42. The molecule has 0 saturated heterocycles. The Morgan fingerprint density at radius 1 is 0.969 bits per heavy atom. The minimum atomic E-state index is -4.23. The van der Waals surface area contributed by atoms with Crippen LogP contribution in [0.2, 0.25) is 0 Å². The van der Waals surface area contributed by atoms with Gasteiger partial charge in [0.2, 0.25) is 5.82 Å². The molecule has 1 heterocycles. The van der Waals surface area contributed by atoms with Crippen LogP contribution >= 0.6 is 0 Å². The summed E-state index contributed by atoms with van der Waals surface area (Å²) in [5, 5.41) is 12.5. The van der Waals surface area contributed by atoms with E-state index in [1.165, 1.54) is 29.1 Å². The third kappa shape index (κ3) is 5.43. The van der Waals surface area contributed by atoms with Crippen LogP contribution in [0.25, 0.3) is 11.4 Å². The maximum Gasteiger partial charge on any atom is 0.294 e. The zero-order valence-corrected chi connectivity index (χ0v) is 17.5. The van der Waals surface area contributed by atoms with E-state index in [9.17, 15) is 12.8 Å². The second-order valence-electron chi connectivity index (χ2n) is 6.95. The molecule has 4 rings (SSSR count). The summed E-state index contributed by atoms with van der Waals surface area (Å²) in [4.78, 5) is 1.22. The molecule has 0 aliphatic carbocycles. The first-order valence-corrected chi connectivity index (χ1v) is 11.0. The molecule has 0 spiro atoms. The number of hydrogen-bond donors (Lipinski definition) is 1. The van der Waals surface area contributed by atoms with Crippen molar-refractivity contribution in [2.24, 2.45) is 0 Å². The van der Waals surface area contributed by atoms with Gasteiger partial charge in [-0.1, -0.05) is 48.2 Å². The number of benzene rings is 3. The highest BCUT2D eigenvalue weighted by Gasteiger charge is 2.10. The summed E-state index contributed by atoms with van der Waals surface area (Å²) in [6.45, 7) is 0.288. The van der Waals surface area contributed by atoms with Crippen LogP contribution in [0.15, 0.2) is 77.7 Å². The summed E-state index contributed by atoms with van der Waals surface area (Å²) in [6.07, 6.45) is 0.509. The van der Waals surface area contributed by atoms with Gasteiger partial charge in [-0.15, -0.1) is 10.2 Å². The maximum atomic E-state index is 13.0. The van der Waals surface area contributed by atoms with Gasteiger partial charge in [0.1, 0.15) is 5.82 Å². The van der Waals surface area contributed by atoms with E-state index in [-0.39, 0.29) is 17.3 Å². The minimum absolute atomic E-state index is 0.175. The fourth-order valence-electron chi connectivity index (χ4n) is 2.94. The lowest BCUT2D eigenvalue weighted by molar-refractivity contribution is 0.483. The Hall–Kier alpha value is -3.87. The van der Waals surface area contributed by atoms with Crippen LogP contribution in [0.3, 0.4) is 0 Å². The summed E-state index contributed by atoms with van der Waals surface area (Å²) in [5.74, 6) is 6.32. The Kier molecular flexibility index (Phi) is 6.07. The predicted molar refractivity (Wildman–Crippen MR) is 116 cm³/mol. The molecule has 0 fully saturated rings. The second kappa shape index (κ2) is 9.09. The van der Waals surface area contributed by atoms with E-state index >= 15 is 0 Å². The number of hydrogen-bond acceptors (Lipinski definition) is 5. The molecule has 0 bridgehead atoms. The number of tetrazole rings is 1. The number of aromatic nitrogens is 4. The average Bonchev–Trinajstić information content (AvgIpc) is 3.24. The van der Waals surface area contributed by atoms with Crippen LogP contribution in [0.5, 0.6) is 0 Å². The van der Waals surface area contributed by atoms with Crippen molar-refractivity contribution in [3.8, 4) is 23.2 Å². The molecule has 0 saturated carbocycles. The minimum Gasteiger partial charge on any atom is -0.282 e. The number of rotatable bonds is 5. The molecular formula is C23H17FN4O3S. The van der Waals surface area contributed by atoms with E-state index in [0.717, 1.165) is 22.3 Å². The molecule has 9 heteroatoms. The highest BCUT2D eigenvalue weighted by molar-refractivity contribution is 7.85. The van der Waals surface area contributed by atoms with E-state index < -0.39 is 10.1 Å². The topological polar surface area (TPSA) is 98.0 Å². The van der Waals surface area contributed by atoms with E-state index in [4.69, 9.17) is 4.55 Å². The Morgan fingerprint density at radius 2 is 1.69 bits per heavy atom. The van der Waals surface area contributed by atoms with Crippen LogP contribution in [-0.2, 0) is 23.1 Å². The summed E-state index contributed by atoms with van der Waals surface area (Å²) in [6, 6.07) is 19.5. The van der Waals surface area contributed by atoms with E-state index in [1.807, 2.05) is 24.3 Å². The summed E-state index contributed by atoms with van der Waals surface area (Å²) >= 11 is 0. The molecule has 4 aromatic rings. The van der Waals surface area contributed by atoms with Gasteiger partial charge in [-0.3, -0.25) is 4.55 Å². The molecule has 1 N–H and O–H groups in total. The Labute approximate surface area is 184 Å². The molecule has 7 nitrogen and oxygen atoms in total. The SMILES string of the molecule is O=S(=O)(O)c1ccc(Cn2nnc(-c3cccc(C#CCc4ccc(F)cc4)c3)n2)cc1. The van der Waals surface area contributed by atoms with Crippen molar-refractivity contribution in [1.82, 2.24) is 20.2 Å². The molecule has 1 aromatic heterocycles. The standard InChI is InChI=1S/C23H17FN4O3S/c24-21-11-7-17(8-12-21)3-1-4-18-5-2-6-20(15-18)23-25-27-28(26-23)16-19-9-13-22(14-10-19)32(29,30)31/h2,5-15H,3,16H2,(H,29,30,31). The third-order valence-corrected chi connectivity index (χ3v) is 5.43. The van der Waals surface area contributed by atoms with Gasteiger partial charge in [-0.2, -0.15) is 13.2 Å². The van der Waals surface area contributed by atoms with Crippen LogP contribution in [0.4, 0.5) is 4.39 Å². The molecule has 160 valence electrons. The van der Waals surface area contributed by atoms with Crippen LogP contribution in [-0.4, -0.2) is 33.2 Å². The zero-order valence-electron chi connectivity index (χ0n) is 16.7. The maximum absolute atomic E-state index is 13.0. The smallest absolute Gasteiger partial charge is 0.282 e. The van der Waals surface area contributed by atoms with Crippen molar-refractivity contribution in [2.45, 2.75) is 17.9 Å². The van der Waals surface area contributed by atoms with Crippen LogP contribution < -0.4 is 0 Å². The first-order chi connectivity index (χ1) is 15.4. The average molecular weight is 448 g/mol. The Bertz CT molecular complexity index is 1400. The van der Waals surface area contributed by atoms with E-state index in [1.54, 1.807) is 24.3 Å². The first kappa shape index (κ1) is 21.4. The van der Waals surface area contributed by atoms with Gasteiger partial charge in [0.15, 0.2) is 0 Å². The molecule has 0 aliphatic rings. The van der Waals surface area contributed by atoms with Crippen molar-refractivity contribution in [2.75, 3.05) is 0 Å². The molecule has 32 heavy (non-hydrogen) atoms. The number of halogens is 1. The molecule has 0 radical (unpaired) electrons. The molecule has 0 unspecified atom stereocenters. The van der Waals surface area contributed by atoms with Gasteiger partial charge in [-0.25, -0.2) is 4.39 Å².